The van der Waals surface area contributed by atoms with Crippen molar-refractivity contribution in [3.05, 3.63) is 34.4 Å². The number of halogens is 1. The summed E-state index contributed by atoms with van der Waals surface area (Å²) < 4.78 is 0. The van der Waals surface area contributed by atoms with Crippen LogP contribution in [0.15, 0.2) is 18.2 Å². The van der Waals surface area contributed by atoms with Gasteiger partial charge in [-0.1, -0.05) is 37.9 Å². The van der Waals surface area contributed by atoms with Gasteiger partial charge in [0.1, 0.15) is 0 Å². The fraction of sp³-hybridized carbons (Fsp3) is 0.579. The van der Waals surface area contributed by atoms with Gasteiger partial charge in [-0.25, -0.2) is 0 Å². The minimum Gasteiger partial charge on any atom is -0.362 e. The second kappa shape index (κ2) is 7.06. The number of anilines is 1. The summed E-state index contributed by atoms with van der Waals surface area (Å²) in [6.07, 6.45) is 4.79. The Labute approximate surface area is 140 Å². The maximum atomic E-state index is 6.55. The van der Waals surface area contributed by atoms with Crippen molar-refractivity contribution in [2.24, 2.45) is 0 Å². The topological polar surface area (TPSA) is 15.3 Å². The van der Waals surface area contributed by atoms with Gasteiger partial charge >= 0.3 is 0 Å². The van der Waals surface area contributed by atoms with Crippen LogP contribution in [0.4, 0.5) is 5.69 Å². The normalized spacial score (nSPS) is 16.5. The molecule has 0 aromatic heterocycles. The zero-order chi connectivity index (χ0) is 16.3. The van der Waals surface area contributed by atoms with E-state index in [-0.39, 0.29) is 5.54 Å². The number of hydrogen-bond donors (Lipinski definition) is 1. The molecule has 1 aliphatic heterocycles. The lowest BCUT2D eigenvalue weighted by atomic mass is 9.87. The summed E-state index contributed by atoms with van der Waals surface area (Å²) >= 11 is 6.55. The number of hydrogen-bond acceptors (Lipinski definition) is 2. The van der Waals surface area contributed by atoms with Crippen LogP contribution >= 0.6 is 11.6 Å². The smallest absolute Gasteiger partial charge is 0.0534 e. The molecule has 1 aromatic rings. The molecule has 1 N–H and O–H groups in total. The zero-order valence-corrected chi connectivity index (χ0v) is 15.3. The van der Waals surface area contributed by atoms with Crippen molar-refractivity contribution in [2.75, 3.05) is 18.0 Å². The van der Waals surface area contributed by atoms with Crippen LogP contribution in [-0.2, 0) is 6.54 Å². The first-order chi connectivity index (χ1) is 10.4. The lowest BCUT2D eigenvalue weighted by molar-refractivity contribution is 0.540. The molecule has 0 fully saturated rings. The highest BCUT2D eigenvalue weighted by atomic mass is 35.5. The van der Waals surface area contributed by atoms with E-state index in [0.717, 1.165) is 24.7 Å². The second-order valence-corrected chi connectivity index (χ2v) is 7.13. The first-order valence-electron chi connectivity index (χ1n) is 8.41. The third kappa shape index (κ3) is 3.49. The molecule has 1 aromatic carbocycles. The molecule has 0 radical (unpaired) electrons. The third-order valence-corrected chi connectivity index (χ3v) is 4.80. The van der Waals surface area contributed by atoms with E-state index in [1.165, 1.54) is 35.2 Å². The Morgan fingerprint density at radius 2 is 1.95 bits per heavy atom. The number of rotatable bonds is 6. The maximum Gasteiger partial charge on any atom is 0.0534 e. The number of allylic oxidation sites excluding steroid dienone is 1. The predicted molar refractivity (Wildman–Crippen MR) is 98.8 cm³/mol. The van der Waals surface area contributed by atoms with Crippen LogP contribution < -0.4 is 10.2 Å². The van der Waals surface area contributed by atoms with E-state index in [1.807, 2.05) is 0 Å². The van der Waals surface area contributed by atoms with E-state index in [2.05, 4.69) is 63.0 Å². The molecule has 0 aliphatic carbocycles. The van der Waals surface area contributed by atoms with Crippen molar-refractivity contribution >= 4 is 22.9 Å². The van der Waals surface area contributed by atoms with E-state index in [9.17, 15) is 0 Å². The summed E-state index contributed by atoms with van der Waals surface area (Å²) in [5.41, 5.74) is 5.18. The molecule has 2 rings (SSSR count). The average molecular weight is 321 g/mol. The van der Waals surface area contributed by atoms with E-state index < -0.39 is 0 Å². The van der Waals surface area contributed by atoms with Crippen molar-refractivity contribution in [1.82, 2.24) is 5.32 Å². The van der Waals surface area contributed by atoms with Gasteiger partial charge < -0.3 is 10.2 Å². The van der Waals surface area contributed by atoms with Crippen molar-refractivity contribution < 1.29 is 0 Å². The summed E-state index contributed by atoms with van der Waals surface area (Å²) in [6.45, 7) is 14.0. The Bertz CT molecular complexity index is 561. The Morgan fingerprint density at radius 3 is 2.59 bits per heavy atom. The molecule has 0 unspecified atom stereocenters. The molecule has 22 heavy (non-hydrogen) atoms. The standard InChI is InChI=1S/C19H29ClN2/c1-6-8-9-22-18-11-17(20)15(13-21-7-2)10-16(18)14(3)12-19(22,4)5/h10-12,21H,6-9,13H2,1-5H3. The largest absolute Gasteiger partial charge is 0.362 e. The lowest BCUT2D eigenvalue weighted by Crippen LogP contribution is -2.45. The van der Waals surface area contributed by atoms with Gasteiger partial charge in [-0.15, -0.1) is 0 Å². The number of fused-ring (bicyclic) bond motifs is 1. The second-order valence-electron chi connectivity index (χ2n) is 6.73. The third-order valence-electron chi connectivity index (χ3n) is 4.45. The highest BCUT2D eigenvalue weighted by molar-refractivity contribution is 6.31. The van der Waals surface area contributed by atoms with E-state index in [4.69, 9.17) is 11.6 Å². The van der Waals surface area contributed by atoms with Crippen LogP contribution in [0.25, 0.3) is 5.57 Å². The van der Waals surface area contributed by atoms with Crippen LogP contribution in [0.5, 0.6) is 0 Å². The average Bonchev–Trinajstić information content (AvgIpc) is 2.44. The number of benzene rings is 1. The number of unbranched alkanes of at least 4 members (excludes halogenated alkanes) is 1. The molecular weight excluding hydrogens is 292 g/mol. The zero-order valence-electron chi connectivity index (χ0n) is 14.6. The van der Waals surface area contributed by atoms with Crippen LogP contribution in [0, 0.1) is 0 Å². The Balaban J connectivity index is 2.45. The minimum absolute atomic E-state index is 0.0404. The highest BCUT2D eigenvalue weighted by Gasteiger charge is 2.31. The Kier molecular flexibility index (Phi) is 5.57. The fourth-order valence-corrected chi connectivity index (χ4v) is 3.49. The van der Waals surface area contributed by atoms with Crippen LogP contribution in [0.3, 0.4) is 0 Å². The first-order valence-corrected chi connectivity index (χ1v) is 8.79. The van der Waals surface area contributed by atoms with Gasteiger partial charge in [0.25, 0.3) is 0 Å². The highest BCUT2D eigenvalue weighted by Crippen LogP contribution is 2.41. The van der Waals surface area contributed by atoms with Gasteiger partial charge in [-0.2, -0.15) is 0 Å². The number of nitrogens with zero attached hydrogens (tertiary/aromatic N) is 1. The summed E-state index contributed by atoms with van der Waals surface area (Å²) in [5.74, 6) is 0. The molecule has 0 amide bonds. The predicted octanol–water partition coefficient (Wildman–Crippen LogP) is 5.25. The monoisotopic (exact) mass is 320 g/mol. The molecule has 0 saturated heterocycles. The van der Waals surface area contributed by atoms with Crippen LogP contribution in [0.1, 0.15) is 58.6 Å². The molecule has 122 valence electrons. The molecular formula is C19H29ClN2. The Hall–Kier alpha value is -0.990. The van der Waals surface area contributed by atoms with Crippen molar-refractivity contribution in [3.8, 4) is 0 Å². The van der Waals surface area contributed by atoms with E-state index in [0.29, 0.717) is 0 Å². The van der Waals surface area contributed by atoms with Gasteiger partial charge in [0, 0.05) is 29.4 Å². The molecule has 1 aliphatic rings. The maximum absolute atomic E-state index is 6.55. The molecule has 0 bridgehead atoms. The van der Waals surface area contributed by atoms with Crippen molar-refractivity contribution in [3.63, 3.8) is 0 Å². The summed E-state index contributed by atoms with van der Waals surface area (Å²) in [5, 5.41) is 4.24. The quantitative estimate of drug-likeness (QED) is 0.770. The number of nitrogens with one attached hydrogen (secondary N) is 1. The van der Waals surface area contributed by atoms with Gasteiger partial charge in [0.05, 0.1) is 5.54 Å². The van der Waals surface area contributed by atoms with Crippen LogP contribution in [-0.4, -0.2) is 18.6 Å². The van der Waals surface area contributed by atoms with Gasteiger partial charge in [0.2, 0.25) is 0 Å². The minimum atomic E-state index is 0.0404. The summed E-state index contributed by atoms with van der Waals surface area (Å²) in [4.78, 5) is 2.50. The van der Waals surface area contributed by atoms with E-state index in [1.54, 1.807) is 0 Å². The molecule has 3 heteroatoms. The molecule has 1 heterocycles. The van der Waals surface area contributed by atoms with Crippen LogP contribution in [0.2, 0.25) is 5.02 Å². The molecule has 0 atom stereocenters. The lowest BCUT2D eigenvalue weighted by Gasteiger charge is -2.43. The molecule has 0 spiro atoms. The fourth-order valence-electron chi connectivity index (χ4n) is 3.26. The Morgan fingerprint density at radius 1 is 1.23 bits per heavy atom. The summed E-state index contributed by atoms with van der Waals surface area (Å²) in [6, 6.07) is 4.43. The van der Waals surface area contributed by atoms with E-state index >= 15 is 0 Å². The summed E-state index contributed by atoms with van der Waals surface area (Å²) in [7, 11) is 0. The van der Waals surface area contributed by atoms with Gasteiger partial charge in [-0.05, 0) is 57.0 Å². The molecule has 0 saturated carbocycles. The van der Waals surface area contributed by atoms with Crippen molar-refractivity contribution in [2.45, 2.75) is 59.5 Å². The SMILES string of the molecule is CCCCN1c2cc(Cl)c(CNCC)cc2C(C)=CC1(C)C. The molecule has 2 nitrogen and oxygen atoms in total. The van der Waals surface area contributed by atoms with Gasteiger partial charge in [0.15, 0.2) is 0 Å². The van der Waals surface area contributed by atoms with Crippen molar-refractivity contribution in [1.29, 1.82) is 0 Å². The van der Waals surface area contributed by atoms with Gasteiger partial charge in [-0.3, -0.25) is 0 Å². The first kappa shape index (κ1) is 17.4.